The van der Waals surface area contributed by atoms with Crippen LogP contribution in [0.4, 0.5) is 4.79 Å². The predicted octanol–water partition coefficient (Wildman–Crippen LogP) is 3.27. The van der Waals surface area contributed by atoms with Crippen molar-refractivity contribution >= 4 is 6.09 Å². The predicted molar refractivity (Wildman–Crippen MR) is 100 cm³/mol. The second-order valence-electron chi connectivity index (χ2n) is 7.50. The minimum Gasteiger partial charge on any atom is -0.494 e. The molecule has 26 heavy (non-hydrogen) atoms. The van der Waals surface area contributed by atoms with Crippen molar-refractivity contribution in [2.24, 2.45) is 0 Å². The summed E-state index contributed by atoms with van der Waals surface area (Å²) in [6.45, 7) is 10.5. The topological polar surface area (TPSA) is 65.8 Å². The molecule has 0 bridgehead atoms. The van der Waals surface area contributed by atoms with E-state index in [1.165, 1.54) is 0 Å². The van der Waals surface area contributed by atoms with Crippen LogP contribution in [0.3, 0.4) is 0 Å². The number of carbonyl (C=O) groups excluding carboxylic acids is 1. The Morgan fingerprint density at radius 1 is 1.15 bits per heavy atom. The molecule has 0 unspecified atom stereocenters. The van der Waals surface area contributed by atoms with Gasteiger partial charge in [0.05, 0.1) is 18.2 Å². The van der Waals surface area contributed by atoms with Crippen LogP contribution in [0.2, 0.25) is 0 Å². The van der Waals surface area contributed by atoms with Crippen molar-refractivity contribution < 1.29 is 14.3 Å². The van der Waals surface area contributed by atoms with Gasteiger partial charge in [0.1, 0.15) is 11.4 Å². The summed E-state index contributed by atoms with van der Waals surface area (Å²) in [5, 5.41) is 8.79. The van der Waals surface area contributed by atoms with Gasteiger partial charge in [-0.05, 0) is 64.4 Å². The average molecular weight is 359 g/mol. The number of hydrogen-bond donors (Lipinski definition) is 0. The SMILES string of the molecule is CC(C)(C)OC(=O)N1CCCN(CCCOc2ccc(C#N)cc2)CC1. The highest BCUT2D eigenvalue weighted by Gasteiger charge is 2.24. The van der Waals surface area contributed by atoms with E-state index < -0.39 is 5.60 Å². The minimum atomic E-state index is -0.453. The summed E-state index contributed by atoms with van der Waals surface area (Å²) >= 11 is 0. The average Bonchev–Trinajstić information content (AvgIpc) is 2.83. The van der Waals surface area contributed by atoms with Gasteiger partial charge in [0.2, 0.25) is 0 Å². The van der Waals surface area contributed by atoms with Crippen molar-refractivity contribution in [2.75, 3.05) is 39.3 Å². The molecule has 1 heterocycles. The lowest BCUT2D eigenvalue weighted by atomic mass is 10.2. The molecule has 1 amide bonds. The van der Waals surface area contributed by atoms with E-state index in [1.54, 1.807) is 17.0 Å². The fourth-order valence-corrected chi connectivity index (χ4v) is 2.81. The fourth-order valence-electron chi connectivity index (χ4n) is 2.81. The van der Waals surface area contributed by atoms with Gasteiger partial charge in [-0.1, -0.05) is 0 Å². The van der Waals surface area contributed by atoms with Gasteiger partial charge in [-0.2, -0.15) is 5.26 Å². The van der Waals surface area contributed by atoms with Crippen LogP contribution in [-0.2, 0) is 4.74 Å². The molecular formula is C20H29N3O3. The monoisotopic (exact) mass is 359 g/mol. The highest BCUT2D eigenvalue weighted by Crippen LogP contribution is 2.13. The lowest BCUT2D eigenvalue weighted by molar-refractivity contribution is 0.0257. The van der Waals surface area contributed by atoms with E-state index >= 15 is 0 Å². The summed E-state index contributed by atoms with van der Waals surface area (Å²) in [6.07, 6.45) is 1.66. The van der Waals surface area contributed by atoms with Crippen molar-refractivity contribution in [3.63, 3.8) is 0 Å². The lowest BCUT2D eigenvalue weighted by Crippen LogP contribution is -2.39. The smallest absolute Gasteiger partial charge is 0.410 e. The molecule has 1 aromatic carbocycles. The number of rotatable bonds is 5. The second kappa shape index (κ2) is 9.44. The summed E-state index contributed by atoms with van der Waals surface area (Å²) in [5.41, 5.74) is 0.183. The van der Waals surface area contributed by atoms with Crippen LogP contribution < -0.4 is 4.74 Å². The highest BCUT2D eigenvalue weighted by atomic mass is 16.6. The van der Waals surface area contributed by atoms with Gasteiger partial charge < -0.3 is 19.3 Å². The molecule has 2 rings (SSSR count). The Hall–Kier alpha value is -2.26. The van der Waals surface area contributed by atoms with Gasteiger partial charge in [0, 0.05) is 26.2 Å². The van der Waals surface area contributed by atoms with Crippen LogP contribution in [0.1, 0.15) is 39.2 Å². The van der Waals surface area contributed by atoms with Gasteiger partial charge >= 0.3 is 6.09 Å². The number of ether oxygens (including phenoxy) is 2. The van der Waals surface area contributed by atoms with E-state index in [1.807, 2.05) is 32.9 Å². The molecule has 0 aromatic heterocycles. The van der Waals surface area contributed by atoms with Gasteiger partial charge in [-0.3, -0.25) is 0 Å². The van der Waals surface area contributed by atoms with Crippen LogP contribution in [-0.4, -0.2) is 60.8 Å². The van der Waals surface area contributed by atoms with E-state index in [0.29, 0.717) is 18.7 Å². The summed E-state index contributed by atoms with van der Waals surface area (Å²) in [6, 6.07) is 9.26. The molecule has 142 valence electrons. The fraction of sp³-hybridized carbons (Fsp3) is 0.600. The number of hydrogen-bond acceptors (Lipinski definition) is 5. The Morgan fingerprint density at radius 3 is 2.54 bits per heavy atom. The van der Waals surface area contributed by atoms with Crippen molar-refractivity contribution in [1.29, 1.82) is 5.26 Å². The molecule has 1 aliphatic rings. The van der Waals surface area contributed by atoms with E-state index in [9.17, 15) is 4.79 Å². The summed E-state index contributed by atoms with van der Waals surface area (Å²) in [5.74, 6) is 0.788. The summed E-state index contributed by atoms with van der Waals surface area (Å²) in [4.78, 5) is 16.4. The Balaban J connectivity index is 1.67. The van der Waals surface area contributed by atoms with Crippen LogP contribution in [0.25, 0.3) is 0 Å². The van der Waals surface area contributed by atoms with Gasteiger partial charge in [-0.15, -0.1) is 0 Å². The molecule has 0 atom stereocenters. The van der Waals surface area contributed by atoms with Crippen LogP contribution >= 0.6 is 0 Å². The third-order valence-corrected chi connectivity index (χ3v) is 4.11. The third kappa shape index (κ3) is 6.93. The zero-order valence-electron chi connectivity index (χ0n) is 16.0. The molecule has 6 nitrogen and oxygen atoms in total. The first-order valence-corrected chi connectivity index (χ1v) is 9.20. The Bertz CT molecular complexity index is 617. The molecule has 1 saturated heterocycles. The molecular weight excluding hydrogens is 330 g/mol. The first-order valence-electron chi connectivity index (χ1n) is 9.20. The number of nitriles is 1. The molecule has 0 spiro atoms. The normalized spacial score (nSPS) is 15.8. The largest absolute Gasteiger partial charge is 0.494 e. The first kappa shape index (κ1) is 20.1. The quantitative estimate of drug-likeness (QED) is 0.755. The lowest BCUT2D eigenvalue weighted by Gasteiger charge is -2.26. The molecule has 1 aromatic rings. The van der Waals surface area contributed by atoms with E-state index in [-0.39, 0.29) is 6.09 Å². The van der Waals surface area contributed by atoms with Crippen LogP contribution in [0, 0.1) is 11.3 Å². The molecule has 0 aliphatic carbocycles. The molecule has 0 N–H and O–H groups in total. The van der Waals surface area contributed by atoms with Crippen molar-refractivity contribution in [2.45, 2.75) is 39.2 Å². The Kier molecular flexibility index (Phi) is 7.28. The molecule has 1 aliphatic heterocycles. The van der Waals surface area contributed by atoms with Gasteiger partial charge in [0.15, 0.2) is 0 Å². The number of benzene rings is 1. The molecule has 0 saturated carbocycles. The molecule has 6 heteroatoms. The first-order chi connectivity index (χ1) is 12.4. The zero-order chi connectivity index (χ0) is 19.0. The Labute approximate surface area is 156 Å². The standard InChI is InChI=1S/C20H29N3O3/c1-20(2,3)26-19(24)23-12-4-10-22(13-14-23)11-5-15-25-18-8-6-17(16-21)7-9-18/h6-9H,4-5,10-15H2,1-3H3. The number of carbonyl (C=O) groups is 1. The maximum atomic E-state index is 12.2. The van der Waals surface area contributed by atoms with Crippen molar-refractivity contribution in [3.05, 3.63) is 29.8 Å². The zero-order valence-corrected chi connectivity index (χ0v) is 16.0. The van der Waals surface area contributed by atoms with E-state index in [4.69, 9.17) is 14.7 Å². The summed E-state index contributed by atoms with van der Waals surface area (Å²) < 4.78 is 11.2. The minimum absolute atomic E-state index is 0.219. The highest BCUT2D eigenvalue weighted by molar-refractivity contribution is 5.68. The van der Waals surface area contributed by atoms with E-state index in [2.05, 4.69) is 11.0 Å². The van der Waals surface area contributed by atoms with Crippen LogP contribution in [0.5, 0.6) is 5.75 Å². The number of nitrogens with zero attached hydrogens (tertiary/aromatic N) is 3. The Morgan fingerprint density at radius 2 is 1.88 bits per heavy atom. The second-order valence-corrected chi connectivity index (χ2v) is 7.50. The summed E-state index contributed by atoms with van der Waals surface area (Å²) in [7, 11) is 0. The van der Waals surface area contributed by atoms with Crippen LogP contribution in [0.15, 0.2) is 24.3 Å². The van der Waals surface area contributed by atoms with E-state index in [0.717, 1.165) is 44.8 Å². The van der Waals surface area contributed by atoms with Gasteiger partial charge in [0.25, 0.3) is 0 Å². The van der Waals surface area contributed by atoms with Crippen molar-refractivity contribution in [3.8, 4) is 11.8 Å². The molecule has 0 radical (unpaired) electrons. The number of amides is 1. The maximum absolute atomic E-state index is 12.2. The maximum Gasteiger partial charge on any atom is 0.410 e. The molecule has 1 fully saturated rings. The van der Waals surface area contributed by atoms with Crippen molar-refractivity contribution in [1.82, 2.24) is 9.80 Å². The van der Waals surface area contributed by atoms with Gasteiger partial charge in [-0.25, -0.2) is 4.79 Å². The third-order valence-electron chi connectivity index (χ3n) is 4.11.